The quantitative estimate of drug-likeness (QED) is 0.158. The van der Waals surface area contributed by atoms with Gasteiger partial charge in [-0.1, -0.05) is 41.5 Å². The van der Waals surface area contributed by atoms with Gasteiger partial charge < -0.3 is 19.9 Å². The van der Waals surface area contributed by atoms with Gasteiger partial charge in [0, 0.05) is 47.7 Å². The second kappa shape index (κ2) is 11.7. The topological polar surface area (TPSA) is 129 Å². The molecule has 0 saturated heterocycles. The zero-order chi connectivity index (χ0) is 24.4. The summed E-state index contributed by atoms with van der Waals surface area (Å²) in [4.78, 5) is 21.1. The molecule has 0 aliphatic carbocycles. The molecule has 0 spiro atoms. The van der Waals surface area contributed by atoms with Crippen LogP contribution < -0.4 is 10.1 Å². The minimum atomic E-state index is -1.36. The number of carbonyl (C=O) groups is 1. The molecule has 1 aliphatic rings. The maximum Gasteiger partial charge on any atom is 0.252 e. The highest BCUT2D eigenvalue weighted by Crippen LogP contribution is 2.45. The molecule has 2 aromatic rings. The van der Waals surface area contributed by atoms with Crippen LogP contribution in [0.15, 0.2) is 83.9 Å². The van der Waals surface area contributed by atoms with Gasteiger partial charge in [-0.2, -0.15) is 0 Å². The number of nitrogens with one attached hydrogen (secondary N) is 1. The van der Waals surface area contributed by atoms with Crippen molar-refractivity contribution in [1.82, 2.24) is 5.32 Å². The van der Waals surface area contributed by atoms with Gasteiger partial charge in [0.25, 0.3) is 5.91 Å². The standard InChI is InChI=1S/C25H27N5O4/c1-3-14-25(24(32)27-15-4-2)22(20-8-5-6-9-21(20)29-30-26)34-23(28-25)18-10-12-19(13-11-18)33-17-7-16-31/h3-6,8-13,22,31H,1-2,7,14-17H2,(H,27,32)/t22-,25-/m1/s1. The van der Waals surface area contributed by atoms with E-state index in [-0.39, 0.29) is 31.4 Å². The van der Waals surface area contributed by atoms with Crippen molar-refractivity contribution in [3.8, 4) is 5.75 Å². The van der Waals surface area contributed by atoms with Crippen LogP contribution in [-0.2, 0) is 9.53 Å². The van der Waals surface area contributed by atoms with Crippen molar-refractivity contribution in [3.63, 3.8) is 0 Å². The highest BCUT2D eigenvalue weighted by atomic mass is 16.5. The van der Waals surface area contributed by atoms with Crippen LogP contribution in [0.2, 0.25) is 0 Å². The minimum Gasteiger partial charge on any atom is -0.494 e. The average Bonchev–Trinajstić information content (AvgIpc) is 3.24. The number of nitrogens with zero attached hydrogens (tertiary/aromatic N) is 4. The molecule has 0 aromatic heterocycles. The lowest BCUT2D eigenvalue weighted by Crippen LogP contribution is -2.48. The Balaban J connectivity index is 2.04. The Morgan fingerprint density at radius 3 is 2.71 bits per heavy atom. The molecule has 1 amide bonds. The molecule has 34 heavy (non-hydrogen) atoms. The van der Waals surface area contributed by atoms with Crippen LogP contribution >= 0.6 is 0 Å². The van der Waals surface area contributed by atoms with Crippen LogP contribution in [0.4, 0.5) is 5.69 Å². The van der Waals surface area contributed by atoms with Gasteiger partial charge in [-0.15, -0.1) is 13.2 Å². The SMILES string of the molecule is C=CCNC(=O)[C@]1(CC=C)N=C(c2ccc(OCCCO)cc2)O[C@@H]1c1ccccc1N=[N+]=[N-]. The molecule has 2 aromatic carbocycles. The largest absolute Gasteiger partial charge is 0.494 e. The Morgan fingerprint density at radius 2 is 2.03 bits per heavy atom. The van der Waals surface area contributed by atoms with Crippen molar-refractivity contribution >= 4 is 17.5 Å². The average molecular weight is 462 g/mol. The van der Waals surface area contributed by atoms with Crippen molar-refractivity contribution in [3.05, 3.63) is 95.4 Å². The van der Waals surface area contributed by atoms with E-state index in [0.717, 1.165) is 0 Å². The fourth-order valence-corrected chi connectivity index (χ4v) is 3.68. The smallest absolute Gasteiger partial charge is 0.252 e. The van der Waals surface area contributed by atoms with Gasteiger partial charge in [-0.25, -0.2) is 4.99 Å². The number of aliphatic imine (C=N–C) groups is 1. The molecule has 176 valence electrons. The van der Waals surface area contributed by atoms with Crippen LogP contribution in [0.5, 0.6) is 5.75 Å². The van der Waals surface area contributed by atoms with Crippen LogP contribution in [0.1, 0.15) is 30.1 Å². The molecule has 3 rings (SSSR count). The van der Waals surface area contributed by atoms with Crippen LogP contribution in [0.3, 0.4) is 0 Å². The fourth-order valence-electron chi connectivity index (χ4n) is 3.68. The zero-order valence-electron chi connectivity index (χ0n) is 18.8. The van der Waals surface area contributed by atoms with E-state index in [4.69, 9.17) is 25.1 Å². The third-order valence-corrected chi connectivity index (χ3v) is 5.26. The Bertz CT molecular complexity index is 1110. The second-order valence-electron chi connectivity index (χ2n) is 7.53. The summed E-state index contributed by atoms with van der Waals surface area (Å²) in [6, 6.07) is 14.1. The first-order valence-corrected chi connectivity index (χ1v) is 10.8. The van der Waals surface area contributed by atoms with Crippen LogP contribution in [0, 0.1) is 0 Å². The number of amides is 1. The monoisotopic (exact) mass is 461 g/mol. The van der Waals surface area contributed by atoms with E-state index in [1.54, 1.807) is 60.7 Å². The number of azide groups is 1. The predicted octanol–water partition coefficient (Wildman–Crippen LogP) is 4.52. The van der Waals surface area contributed by atoms with Gasteiger partial charge in [0.15, 0.2) is 11.6 Å². The molecule has 0 bridgehead atoms. The van der Waals surface area contributed by atoms with E-state index in [1.165, 1.54) is 0 Å². The summed E-state index contributed by atoms with van der Waals surface area (Å²) < 4.78 is 11.9. The van der Waals surface area contributed by atoms with E-state index < -0.39 is 11.6 Å². The molecule has 2 N–H and O–H groups in total. The Labute approximate surface area is 198 Å². The first kappa shape index (κ1) is 24.6. The lowest BCUT2D eigenvalue weighted by molar-refractivity contribution is -0.128. The molecule has 9 heteroatoms. The maximum absolute atomic E-state index is 13.4. The van der Waals surface area contributed by atoms with Crippen molar-refractivity contribution < 1.29 is 19.4 Å². The van der Waals surface area contributed by atoms with Crippen molar-refractivity contribution in [2.24, 2.45) is 10.1 Å². The van der Waals surface area contributed by atoms with Gasteiger partial charge >= 0.3 is 0 Å². The zero-order valence-corrected chi connectivity index (χ0v) is 18.8. The number of carbonyl (C=O) groups excluding carboxylic acids is 1. The minimum absolute atomic E-state index is 0.0563. The second-order valence-corrected chi connectivity index (χ2v) is 7.53. The summed E-state index contributed by atoms with van der Waals surface area (Å²) >= 11 is 0. The number of ether oxygens (including phenoxy) is 2. The van der Waals surface area contributed by atoms with E-state index in [1.807, 2.05) is 0 Å². The third kappa shape index (κ3) is 5.28. The summed E-state index contributed by atoms with van der Waals surface area (Å²) in [5.74, 6) is 0.562. The normalized spacial score (nSPS) is 18.7. The first-order valence-electron chi connectivity index (χ1n) is 10.8. The number of rotatable bonds is 12. The number of aliphatic hydroxyl groups is 1. The third-order valence-electron chi connectivity index (χ3n) is 5.26. The highest BCUT2D eigenvalue weighted by molar-refractivity contribution is 6.01. The summed E-state index contributed by atoms with van der Waals surface area (Å²) in [5.41, 5.74) is 9.22. The summed E-state index contributed by atoms with van der Waals surface area (Å²) in [7, 11) is 0. The Morgan fingerprint density at radius 1 is 1.26 bits per heavy atom. The lowest BCUT2D eigenvalue weighted by atomic mass is 9.84. The molecule has 9 nitrogen and oxygen atoms in total. The molecule has 0 radical (unpaired) electrons. The number of hydrogen-bond acceptors (Lipinski definition) is 6. The molecule has 1 aliphatic heterocycles. The molecule has 0 unspecified atom stereocenters. The van der Waals surface area contributed by atoms with Crippen LogP contribution in [0.25, 0.3) is 10.4 Å². The summed E-state index contributed by atoms with van der Waals surface area (Å²) in [6.45, 7) is 8.19. The van der Waals surface area contributed by atoms with Crippen LogP contribution in [-0.4, -0.2) is 42.2 Å². The predicted molar refractivity (Wildman–Crippen MR) is 130 cm³/mol. The fraction of sp³-hybridized carbons (Fsp3) is 0.280. The van der Waals surface area contributed by atoms with Crippen molar-refractivity contribution in [2.75, 3.05) is 19.8 Å². The molecular weight excluding hydrogens is 434 g/mol. The van der Waals surface area contributed by atoms with Gasteiger partial charge in [-0.05, 0) is 29.8 Å². The Hall–Kier alpha value is -4.07. The summed E-state index contributed by atoms with van der Waals surface area (Å²) in [5, 5.41) is 15.5. The molecule has 2 atom stereocenters. The van der Waals surface area contributed by atoms with E-state index in [9.17, 15) is 4.79 Å². The molecule has 0 fully saturated rings. The number of aliphatic hydroxyl groups excluding tert-OH is 1. The van der Waals surface area contributed by atoms with Gasteiger partial charge in [-0.3, -0.25) is 4.79 Å². The van der Waals surface area contributed by atoms with E-state index in [0.29, 0.717) is 35.6 Å². The van der Waals surface area contributed by atoms with Crippen molar-refractivity contribution in [1.29, 1.82) is 0 Å². The number of hydrogen-bond donors (Lipinski definition) is 2. The van der Waals surface area contributed by atoms with E-state index >= 15 is 0 Å². The Kier molecular flexibility index (Phi) is 8.45. The van der Waals surface area contributed by atoms with Crippen molar-refractivity contribution in [2.45, 2.75) is 24.5 Å². The van der Waals surface area contributed by atoms with Gasteiger partial charge in [0.1, 0.15) is 5.75 Å². The summed E-state index contributed by atoms with van der Waals surface area (Å²) in [6.07, 6.45) is 3.07. The molecule has 0 saturated carbocycles. The van der Waals surface area contributed by atoms with Gasteiger partial charge in [0.2, 0.25) is 5.90 Å². The maximum atomic E-state index is 13.4. The highest BCUT2D eigenvalue weighted by Gasteiger charge is 2.52. The molecular formula is C25H27N5O4. The van der Waals surface area contributed by atoms with Gasteiger partial charge in [0.05, 0.1) is 6.61 Å². The lowest BCUT2D eigenvalue weighted by Gasteiger charge is -2.30. The number of benzene rings is 2. The first-order chi connectivity index (χ1) is 16.6. The molecule has 1 heterocycles. The van der Waals surface area contributed by atoms with E-state index in [2.05, 4.69) is 28.5 Å².